The quantitative estimate of drug-likeness (QED) is 0.720. The van der Waals surface area contributed by atoms with E-state index in [1.165, 1.54) is 0 Å². The van der Waals surface area contributed by atoms with Crippen molar-refractivity contribution >= 4 is 5.91 Å². The van der Waals surface area contributed by atoms with Crippen LogP contribution in [0.1, 0.15) is 41.5 Å². The lowest BCUT2D eigenvalue weighted by molar-refractivity contribution is -0.127. The summed E-state index contributed by atoms with van der Waals surface area (Å²) < 4.78 is 0. The molecule has 94 valence electrons. The predicted molar refractivity (Wildman–Crippen MR) is 67.1 cm³/mol. The van der Waals surface area contributed by atoms with E-state index in [0.29, 0.717) is 6.54 Å². The molecule has 16 heavy (non-hydrogen) atoms. The standard InChI is InChI=1S/C13H26N2O/c1-12(2,3)8-14-7-11(16)15(10-14)9-13(4,5)6/h7-10H2,1-6H3. The van der Waals surface area contributed by atoms with E-state index in [4.69, 9.17) is 0 Å². The summed E-state index contributed by atoms with van der Waals surface area (Å²) in [4.78, 5) is 16.1. The molecule has 0 bridgehead atoms. The molecule has 3 heteroatoms. The van der Waals surface area contributed by atoms with E-state index in [2.05, 4.69) is 46.4 Å². The Kier molecular flexibility index (Phi) is 3.68. The van der Waals surface area contributed by atoms with Gasteiger partial charge in [-0.2, -0.15) is 0 Å². The molecule has 0 aromatic rings. The molecule has 3 nitrogen and oxygen atoms in total. The molecule has 1 amide bonds. The van der Waals surface area contributed by atoms with Crippen molar-refractivity contribution in [3.05, 3.63) is 0 Å². The summed E-state index contributed by atoms with van der Waals surface area (Å²) in [6.45, 7) is 16.4. The number of carbonyl (C=O) groups is 1. The highest BCUT2D eigenvalue weighted by molar-refractivity contribution is 5.80. The van der Waals surface area contributed by atoms with Crippen LogP contribution < -0.4 is 0 Å². The van der Waals surface area contributed by atoms with Crippen LogP contribution in [0.3, 0.4) is 0 Å². The lowest BCUT2D eigenvalue weighted by Crippen LogP contribution is -2.36. The molecule has 1 aliphatic rings. The van der Waals surface area contributed by atoms with Gasteiger partial charge < -0.3 is 4.90 Å². The summed E-state index contributed by atoms with van der Waals surface area (Å²) in [6.07, 6.45) is 0. The summed E-state index contributed by atoms with van der Waals surface area (Å²) in [6, 6.07) is 0. The second-order valence-electron chi connectivity index (χ2n) is 7.34. The van der Waals surface area contributed by atoms with Gasteiger partial charge in [0.1, 0.15) is 0 Å². The fourth-order valence-electron chi connectivity index (χ4n) is 2.15. The molecule has 1 heterocycles. The lowest BCUT2D eigenvalue weighted by Gasteiger charge is -2.28. The summed E-state index contributed by atoms with van der Waals surface area (Å²) in [5.74, 6) is 0.277. The Morgan fingerprint density at radius 3 is 1.94 bits per heavy atom. The monoisotopic (exact) mass is 226 g/mol. The van der Waals surface area contributed by atoms with Crippen molar-refractivity contribution < 1.29 is 4.79 Å². The number of hydrogen-bond acceptors (Lipinski definition) is 2. The van der Waals surface area contributed by atoms with Crippen LogP contribution in [-0.4, -0.2) is 42.0 Å². The molecule has 0 saturated carbocycles. The van der Waals surface area contributed by atoms with Crippen molar-refractivity contribution in [2.24, 2.45) is 10.8 Å². The second-order valence-corrected chi connectivity index (χ2v) is 7.34. The number of hydrogen-bond donors (Lipinski definition) is 0. The average Bonchev–Trinajstić information content (AvgIpc) is 2.23. The smallest absolute Gasteiger partial charge is 0.237 e. The van der Waals surface area contributed by atoms with Gasteiger partial charge in [-0.25, -0.2) is 0 Å². The number of amides is 1. The van der Waals surface area contributed by atoms with E-state index in [9.17, 15) is 4.79 Å². The molecule has 0 radical (unpaired) electrons. The summed E-state index contributed by atoms with van der Waals surface area (Å²) in [5, 5.41) is 0. The van der Waals surface area contributed by atoms with Crippen LogP contribution in [0, 0.1) is 10.8 Å². The van der Waals surface area contributed by atoms with Gasteiger partial charge >= 0.3 is 0 Å². The van der Waals surface area contributed by atoms with Gasteiger partial charge in [0, 0.05) is 13.1 Å². The number of carbonyl (C=O) groups excluding carboxylic acids is 1. The van der Waals surface area contributed by atoms with Gasteiger partial charge in [-0.3, -0.25) is 9.69 Å². The molecule has 1 saturated heterocycles. The van der Waals surface area contributed by atoms with Crippen LogP contribution in [0.25, 0.3) is 0 Å². The Morgan fingerprint density at radius 1 is 1.00 bits per heavy atom. The van der Waals surface area contributed by atoms with Gasteiger partial charge in [-0.05, 0) is 10.8 Å². The van der Waals surface area contributed by atoms with Gasteiger partial charge in [0.05, 0.1) is 13.2 Å². The third kappa shape index (κ3) is 4.52. The molecular weight excluding hydrogens is 200 g/mol. The van der Waals surface area contributed by atoms with Gasteiger partial charge in [-0.15, -0.1) is 0 Å². The van der Waals surface area contributed by atoms with E-state index in [-0.39, 0.29) is 16.7 Å². The maximum atomic E-state index is 11.8. The fourth-order valence-corrected chi connectivity index (χ4v) is 2.15. The third-order valence-electron chi connectivity index (χ3n) is 2.45. The minimum atomic E-state index is 0.188. The minimum absolute atomic E-state index is 0.188. The van der Waals surface area contributed by atoms with Crippen molar-refractivity contribution in [1.82, 2.24) is 9.80 Å². The van der Waals surface area contributed by atoms with Gasteiger partial charge in [0.25, 0.3) is 0 Å². The van der Waals surface area contributed by atoms with E-state index in [1.54, 1.807) is 0 Å². The largest absolute Gasteiger partial charge is 0.328 e. The minimum Gasteiger partial charge on any atom is -0.328 e. The van der Waals surface area contributed by atoms with Crippen LogP contribution in [0.2, 0.25) is 0 Å². The van der Waals surface area contributed by atoms with Crippen LogP contribution in [-0.2, 0) is 4.79 Å². The van der Waals surface area contributed by atoms with E-state index < -0.39 is 0 Å². The van der Waals surface area contributed by atoms with E-state index >= 15 is 0 Å². The molecular formula is C13H26N2O. The Balaban J connectivity index is 2.51. The first-order valence-corrected chi connectivity index (χ1v) is 6.07. The molecule has 0 atom stereocenters. The topological polar surface area (TPSA) is 23.6 Å². The summed E-state index contributed by atoms with van der Waals surface area (Å²) in [5.41, 5.74) is 0.450. The number of nitrogens with zero attached hydrogens (tertiary/aromatic N) is 2. The third-order valence-corrected chi connectivity index (χ3v) is 2.45. The molecule has 0 aromatic carbocycles. The van der Waals surface area contributed by atoms with Crippen molar-refractivity contribution in [1.29, 1.82) is 0 Å². The molecule has 1 fully saturated rings. The molecule has 0 aromatic heterocycles. The first-order valence-electron chi connectivity index (χ1n) is 6.07. The average molecular weight is 226 g/mol. The van der Waals surface area contributed by atoms with E-state index in [1.807, 2.05) is 4.90 Å². The number of rotatable bonds is 2. The Bertz CT molecular complexity index is 260. The molecule has 1 aliphatic heterocycles. The van der Waals surface area contributed by atoms with Crippen molar-refractivity contribution in [2.45, 2.75) is 41.5 Å². The van der Waals surface area contributed by atoms with E-state index in [0.717, 1.165) is 19.8 Å². The fraction of sp³-hybridized carbons (Fsp3) is 0.923. The van der Waals surface area contributed by atoms with Crippen LogP contribution in [0.5, 0.6) is 0 Å². The first-order chi connectivity index (χ1) is 7.07. The highest BCUT2D eigenvalue weighted by Gasteiger charge is 2.31. The van der Waals surface area contributed by atoms with Crippen LogP contribution in [0.15, 0.2) is 0 Å². The Labute approximate surface area is 99.8 Å². The van der Waals surface area contributed by atoms with Crippen molar-refractivity contribution in [2.75, 3.05) is 26.3 Å². The zero-order chi connectivity index (χ0) is 12.6. The Morgan fingerprint density at radius 2 is 1.50 bits per heavy atom. The second kappa shape index (κ2) is 4.36. The molecule has 0 aliphatic carbocycles. The molecule has 0 N–H and O–H groups in total. The van der Waals surface area contributed by atoms with Crippen molar-refractivity contribution in [3.8, 4) is 0 Å². The summed E-state index contributed by atoms with van der Waals surface area (Å²) in [7, 11) is 0. The van der Waals surface area contributed by atoms with Gasteiger partial charge in [0.15, 0.2) is 0 Å². The van der Waals surface area contributed by atoms with Gasteiger partial charge in [-0.1, -0.05) is 41.5 Å². The zero-order valence-corrected chi connectivity index (χ0v) is 11.6. The van der Waals surface area contributed by atoms with Crippen molar-refractivity contribution in [3.63, 3.8) is 0 Å². The van der Waals surface area contributed by atoms with Gasteiger partial charge in [0.2, 0.25) is 5.91 Å². The predicted octanol–water partition coefficient (Wildman–Crippen LogP) is 2.18. The molecule has 0 unspecified atom stereocenters. The first kappa shape index (κ1) is 13.5. The zero-order valence-electron chi connectivity index (χ0n) is 11.6. The van der Waals surface area contributed by atoms with Crippen LogP contribution in [0.4, 0.5) is 0 Å². The highest BCUT2D eigenvalue weighted by atomic mass is 16.2. The normalized spacial score (nSPS) is 19.6. The lowest BCUT2D eigenvalue weighted by atomic mass is 9.96. The molecule has 0 spiro atoms. The maximum Gasteiger partial charge on any atom is 0.237 e. The SMILES string of the molecule is CC(C)(C)CN1CC(=O)N(CC(C)(C)C)C1. The van der Waals surface area contributed by atoms with Crippen LogP contribution >= 0.6 is 0 Å². The maximum absolute atomic E-state index is 11.8. The summed E-state index contributed by atoms with van der Waals surface area (Å²) >= 11 is 0. The molecule has 1 rings (SSSR count). The Hall–Kier alpha value is -0.570. The highest BCUT2D eigenvalue weighted by Crippen LogP contribution is 2.21.